The van der Waals surface area contributed by atoms with Crippen LogP contribution in [0.25, 0.3) is 0 Å². The fourth-order valence-corrected chi connectivity index (χ4v) is 4.07. The highest BCUT2D eigenvalue weighted by atomic mass is 35.5. The van der Waals surface area contributed by atoms with E-state index < -0.39 is 0 Å². The SMILES string of the molecule is CC(N)C1CCCN(C(=O)CC2CCCc3ccccc32)C1.Cl. The first-order chi connectivity index (χ1) is 10.6. The molecule has 2 N–H and O–H groups in total. The molecule has 3 atom stereocenters. The van der Waals surface area contributed by atoms with E-state index in [4.69, 9.17) is 5.73 Å². The first-order valence-electron chi connectivity index (χ1n) is 8.76. The Morgan fingerprint density at radius 3 is 2.87 bits per heavy atom. The van der Waals surface area contributed by atoms with E-state index in [-0.39, 0.29) is 18.4 Å². The van der Waals surface area contributed by atoms with Gasteiger partial charge in [-0.1, -0.05) is 24.3 Å². The van der Waals surface area contributed by atoms with E-state index in [0.717, 1.165) is 38.8 Å². The molecule has 1 saturated heterocycles. The predicted molar refractivity (Wildman–Crippen MR) is 96.9 cm³/mol. The van der Waals surface area contributed by atoms with Crippen molar-refractivity contribution in [1.82, 2.24) is 4.90 Å². The third-order valence-electron chi connectivity index (χ3n) is 5.47. The maximum Gasteiger partial charge on any atom is 0.223 e. The normalized spacial score (nSPS) is 25.2. The first-order valence-corrected chi connectivity index (χ1v) is 8.76. The topological polar surface area (TPSA) is 46.3 Å². The summed E-state index contributed by atoms with van der Waals surface area (Å²) in [6.45, 7) is 3.83. The fourth-order valence-electron chi connectivity index (χ4n) is 4.07. The Morgan fingerprint density at radius 1 is 1.30 bits per heavy atom. The first kappa shape index (κ1) is 18.3. The van der Waals surface area contributed by atoms with Crippen molar-refractivity contribution in [2.45, 2.75) is 57.4 Å². The summed E-state index contributed by atoms with van der Waals surface area (Å²) in [5, 5.41) is 0. The van der Waals surface area contributed by atoms with Crippen molar-refractivity contribution in [2.75, 3.05) is 13.1 Å². The monoisotopic (exact) mass is 336 g/mol. The molecule has 1 aliphatic heterocycles. The van der Waals surface area contributed by atoms with Crippen LogP contribution in [0.1, 0.15) is 56.1 Å². The Morgan fingerprint density at radius 2 is 2.09 bits per heavy atom. The van der Waals surface area contributed by atoms with Gasteiger partial charge in [0.1, 0.15) is 0 Å². The zero-order valence-electron chi connectivity index (χ0n) is 14.0. The Labute approximate surface area is 146 Å². The molecule has 1 amide bonds. The molecule has 23 heavy (non-hydrogen) atoms. The number of likely N-dealkylation sites (tertiary alicyclic amines) is 1. The number of hydrogen-bond donors (Lipinski definition) is 1. The van der Waals surface area contributed by atoms with Gasteiger partial charge in [0.15, 0.2) is 0 Å². The summed E-state index contributed by atoms with van der Waals surface area (Å²) in [5.41, 5.74) is 8.89. The van der Waals surface area contributed by atoms with Gasteiger partial charge in [-0.2, -0.15) is 0 Å². The van der Waals surface area contributed by atoms with Crippen molar-refractivity contribution in [1.29, 1.82) is 0 Å². The maximum atomic E-state index is 12.7. The van der Waals surface area contributed by atoms with E-state index in [0.29, 0.717) is 24.2 Å². The van der Waals surface area contributed by atoms with Gasteiger partial charge in [-0.25, -0.2) is 0 Å². The average Bonchev–Trinajstić information content (AvgIpc) is 2.55. The van der Waals surface area contributed by atoms with Crippen LogP contribution in [0, 0.1) is 5.92 Å². The van der Waals surface area contributed by atoms with Crippen LogP contribution in [-0.2, 0) is 11.2 Å². The third kappa shape index (κ3) is 4.27. The number of rotatable bonds is 3. The average molecular weight is 337 g/mol. The van der Waals surface area contributed by atoms with Gasteiger partial charge in [0.25, 0.3) is 0 Å². The minimum Gasteiger partial charge on any atom is -0.342 e. The van der Waals surface area contributed by atoms with Gasteiger partial charge in [0.2, 0.25) is 5.91 Å². The molecule has 0 aromatic heterocycles. The maximum absolute atomic E-state index is 12.7. The van der Waals surface area contributed by atoms with Gasteiger partial charge in [-0.15, -0.1) is 12.4 Å². The number of hydrogen-bond acceptors (Lipinski definition) is 2. The van der Waals surface area contributed by atoms with Crippen LogP contribution in [0.4, 0.5) is 0 Å². The minimum atomic E-state index is 0. The second-order valence-electron chi connectivity index (χ2n) is 7.09. The summed E-state index contributed by atoms with van der Waals surface area (Å²) in [7, 11) is 0. The lowest BCUT2D eigenvalue weighted by atomic mass is 9.80. The summed E-state index contributed by atoms with van der Waals surface area (Å²) in [4.78, 5) is 14.8. The number of carbonyl (C=O) groups excluding carboxylic acids is 1. The Kier molecular flexibility index (Phi) is 6.49. The molecule has 1 aromatic rings. The zero-order valence-corrected chi connectivity index (χ0v) is 14.9. The third-order valence-corrected chi connectivity index (χ3v) is 5.47. The minimum absolute atomic E-state index is 0. The van der Waals surface area contributed by atoms with Crippen LogP contribution in [0.15, 0.2) is 24.3 Å². The van der Waals surface area contributed by atoms with Crippen molar-refractivity contribution in [2.24, 2.45) is 11.7 Å². The van der Waals surface area contributed by atoms with Gasteiger partial charge in [0.05, 0.1) is 0 Å². The van der Waals surface area contributed by atoms with Gasteiger partial charge >= 0.3 is 0 Å². The van der Waals surface area contributed by atoms with Crippen molar-refractivity contribution in [3.8, 4) is 0 Å². The summed E-state index contributed by atoms with van der Waals surface area (Å²) < 4.78 is 0. The largest absolute Gasteiger partial charge is 0.342 e. The summed E-state index contributed by atoms with van der Waals surface area (Å²) in [6.07, 6.45) is 6.44. The van der Waals surface area contributed by atoms with Crippen LogP contribution in [0.2, 0.25) is 0 Å². The lowest BCUT2D eigenvalue weighted by Gasteiger charge is -2.36. The highest BCUT2D eigenvalue weighted by Gasteiger charge is 2.29. The van der Waals surface area contributed by atoms with Crippen LogP contribution in [0.5, 0.6) is 0 Å². The van der Waals surface area contributed by atoms with Crippen LogP contribution in [-0.4, -0.2) is 29.9 Å². The molecule has 0 spiro atoms. The molecule has 1 aromatic carbocycles. The highest BCUT2D eigenvalue weighted by molar-refractivity contribution is 5.85. The van der Waals surface area contributed by atoms with Gasteiger partial charge < -0.3 is 10.6 Å². The lowest BCUT2D eigenvalue weighted by Crippen LogP contribution is -2.45. The molecule has 3 nitrogen and oxygen atoms in total. The van der Waals surface area contributed by atoms with E-state index in [1.54, 1.807) is 0 Å². The quantitative estimate of drug-likeness (QED) is 0.918. The highest BCUT2D eigenvalue weighted by Crippen LogP contribution is 2.34. The molecule has 0 saturated carbocycles. The number of amides is 1. The molecule has 128 valence electrons. The molecule has 4 heteroatoms. The summed E-state index contributed by atoms with van der Waals surface area (Å²) in [6, 6.07) is 8.84. The Balaban J connectivity index is 0.00000192. The van der Waals surface area contributed by atoms with Crippen molar-refractivity contribution >= 4 is 18.3 Å². The van der Waals surface area contributed by atoms with Crippen LogP contribution < -0.4 is 5.73 Å². The number of carbonyl (C=O) groups is 1. The molecule has 2 aliphatic rings. The van der Waals surface area contributed by atoms with Crippen molar-refractivity contribution < 1.29 is 4.79 Å². The van der Waals surface area contributed by atoms with Gasteiger partial charge in [-0.3, -0.25) is 4.79 Å². The van der Waals surface area contributed by atoms with E-state index >= 15 is 0 Å². The number of piperidine rings is 1. The second-order valence-corrected chi connectivity index (χ2v) is 7.09. The van der Waals surface area contributed by atoms with Gasteiger partial charge in [0, 0.05) is 25.6 Å². The molecule has 1 aliphatic carbocycles. The number of fused-ring (bicyclic) bond motifs is 1. The summed E-state index contributed by atoms with van der Waals surface area (Å²) >= 11 is 0. The van der Waals surface area contributed by atoms with Crippen molar-refractivity contribution in [3.63, 3.8) is 0 Å². The Hall–Kier alpha value is -1.06. The van der Waals surface area contributed by atoms with E-state index in [2.05, 4.69) is 36.1 Å². The van der Waals surface area contributed by atoms with Crippen LogP contribution in [0.3, 0.4) is 0 Å². The van der Waals surface area contributed by atoms with Gasteiger partial charge in [-0.05, 0) is 62.0 Å². The van der Waals surface area contributed by atoms with E-state index in [1.807, 2.05) is 0 Å². The number of nitrogens with zero attached hydrogens (tertiary/aromatic N) is 1. The summed E-state index contributed by atoms with van der Waals surface area (Å²) in [5.74, 6) is 1.21. The molecular weight excluding hydrogens is 308 g/mol. The standard InChI is InChI=1S/C19H28N2O.ClH/c1-14(20)17-9-5-11-21(13-17)19(22)12-16-8-4-7-15-6-2-3-10-18(15)16;/h2-3,6,10,14,16-17H,4-5,7-9,11-13,20H2,1H3;1H. The number of benzene rings is 1. The lowest BCUT2D eigenvalue weighted by molar-refractivity contribution is -0.133. The fraction of sp³-hybridized carbons (Fsp3) is 0.632. The predicted octanol–water partition coefficient (Wildman–Crippen LogP) is 3.50. The number of nitrogens with two attached hydrogens (primary N) is 1. The zero-order chi connectivity index (χ0) is 15.5. The van der Waals surface area contributed by atoms with Crippen molar-refractivity contribution in [3.05, 3.63) is 35.4 Å². The number of aryl methyl sites for hydroxylation is 1. The van der Waals surface area contributed by atoms with E-state index in [1.165, 1.54) is 17.5 Å². The smallest absolute Gasteiger partial charge is 0.223 e. The van der Waals surface area contributed by atoms with E-state index in [9.17, 15) is 4.79 Å². The molecule has 0 radical (unpaired) electrons. The molecule has 3 unspecified atom stereocenters. The van der Waals surface area contributed by atoms with Crippen LogP contribution >= 0.6 is 12.4 Å². The molecule has 1 fully saturated rings. The molecule has 1 heterocycles. The number of halogens is 1. The second kappa shape index (κ2) is 8.16. The molecule has 0 bridgehead atoms. The molecule has 3 rings (SSSR count). The molecular formula is C19H29ClN2O. The Bertz CT molecular complexity index is 532.